The van der Waals surface area contributed by atoms with Gasteiger partial charge in [0.05, 0.1) is 23.7 Å². The SMILES string of the molecule is C[C@H]1[C@H](C)CC[C@]2(C(=O)O)CC[C@@H]3C(=CC[C@H]4[C@@]3(C)CC[C@H]3C(C)(C)[C@@H](O[C@@H]5O[C@H](C)[C@@H](O[C@@H]6O[C@H](C)[C@@H](O)[C@H](O)[C@H]6O)[C@H](O)[C@H]5O)CC[C@]43C)[C@H]12. The van der Waals surface area contributed by atoms with Crippen LogP contribution in [-0.4, -0.2) is 104 Å². The van der Waals surface area contributed by atoms with Gasteiger partial charge in [0.25, 0.3) is 0 Å². The van der Waals surface area contributed by atoms with Crippen molar-refractivity contribution in [2.45, 2.75) is 181 Å². The fourth-order valence-electron chi connectivity index (χ4n) is 13.5. The molecule has 4 saturated carbocycles. The Hall–Kier alpha value is -1.15. The molecule has 2 aliphatic heterocycles. The highest BCUT2D eigenvalue weighted by atomic mass is 16.7. The summed E-state index contributed by atoms with van der Waals surface area (Å²) in [4.78, 5) is 13.0. The molecule has 0 spiro atoms. The van der Waals surface area contributed by atoms with E-state index in [-0.39, 0.29) is 28.3 Å². The van der Waals surface area contributed by atoms with E-state index in [1.807, 2.05) is 0 Å². The zero-order chi connectivity index (χ0) is 37.9. The number of fused-ring (bicyclic) bond motifs is 7. The minimum atomic E-state index is -1.55. The second kappa shape index (κ2) is 13.5. The van der Waals surface area contributed by atoms with Gasteiger partial charge in [0.15, 0.2) is 12.6 Å². The first-order chi connectivity index (χ1) is 24.3. The predicted octanol–water partition coefficient (Wildman–Crippen LogP) is 4.40. The fourth-order valence-corrected chi connectivity index (χ4v) is 13.5. The monoisotopic (exact) mass is 734 g/mol. The molecule has 7 rings (SSSR count). The second-order valence-electron chi connectivity index (χ2n) is 19.5. The highest BCUT2D eigenvalue weighted by molar-refractivity contribution is 5.76. The van der Waals surface area contributed by atoms with Gasteiger partial charge in [-0.15, -0.1) is 0 Å². The van der Waals surface area contributed by atoms with Crippen LogP contribution in [0, 0.1) is 57.2 Å². The maximum Gasteiger partial charge on any atom is 0.310 e. The highest BCUT2D eigenvalue weighted by Crippen LogP contribution is 2.72. The van der Waals surface area contributed by atoms with Gasteiger partial charge in [0.1, 0.15) is 36.6 Å². The standard InChI is InChI=1S/C41H66O11/c1-19-11-17-41(37(47)48)18-12-24-23(28(41)20(19)2)9-10-26-39(24,7)15-13-25-38(5,6)27(14-16-40(25,26)8)51-35-33(46)31(44)34(22(4)50-35)52-36-32(45)30(43)29(42)21(3)49-36/h9,19-22,24-36,42-46H,10-18H2,1-8H3,(H,47,48)/t19-,20+,21-,22-,24-,25+,26+,27+,28+,29-,30+,31-,32-,33-,34-,35+,36+,39+,40+,41+/m1/s1. The van der Waals surface area contributed by atoms with Crippen LogP contribution in [-0.2, 0) is 23.7 Å². The molecule has 0 radical (unpaired) electrons. The van der Waals surface area contributed by atoms with Crippen LogP contribution in [0.3, 0.4) is 0 Å². The summed E-state index contributed by atoms with van der Waals surface area (Å²) in [6.07, 6.45) is -1.56. The minimum Gasteiger partial charge on any atom is -0.481 e. The molecule has 20 atom stereocenters. The van der Waals surface area contributed by atoms with Crippen LogP contribution in [0.4, 0.5) is 0 Å². The summed E-state index contributed by atoms with van der Waals surface area (Å²) in [5.74, 6) is 1.63. The summed E-state index contributed by atoms with van der Waals surface area (Å²) in [7, 11) is 0. The quantitative estimate of drug-likeness (QED) is 0.175. The van der Waals surface area contributed by atoms with Crippen LogP contribution in [0.1, 0.15) is 113 Å². The molecule has 11 heteroatoms. The molecule has 7 aliphatic rings. The molecule has 2 saturated heterocycles. The molecular weight excluding hydrogens is 668 g/mol. The minimum absolute atomic E-state index is 0.0546. The Morgan fingerprint density at radius 3 is 2.02 bits per heavy atom. The smallest absolute Gasteiger partial charge is 0.310 e. The van der Waals surface area contributed by atoms with Crippen LogP contribution in [0.5, 0.6) is 0 Å². The molecule has 6 fully saturated rings. The topological polar surface area (TPSA) is 175 Å². The number of carboxylic acid groups (broad SMARTS) is 1. The molecule has 0 bridgehead atoms. The summed E-state index contributed by atoms with van der Waals surface area (Å²) in [5.41, 5.74) is 0.723. The third-order valence-corrected chi connectivity index (χ3v) is 16.7. The van der Waals surface area contributed by atoms with Crippen molar-refractivity contribution in [2.75, 3.05) is 0 Å². The third-order valence-electron chi connectivity index (χ3n) is 16.7. The van der Waals surface area contributed by atoms with Gasteiger partial charge in [0.2, 0.25) is 0 Å². The first-order valence-corrected chi connectivity index (χ1v) is 20.2. The lowest BCUT2D eigenvalue weighted by atomic mass is 9.37. The number of aliphatic hydroxyl groups excluding tert-OH is 5. The molecule has 0 aromatic rings. The Bertz CT molecular complexity index is 1390. The van der Waals surface area contributed by atoms with Gasteiger partial charge < -0.3 is 49.6 Å². The van der Waals surface area contributed by atoms with Gasteiger partial charge in [-0.25, -0.2) is 0 Å². The lowest BCUT2D eigenvalue weighted by molar-refractivity contribution is -0.362. The van der Waals surface area contributed by atoms with Crippen molar-refractivity contribution < 1.29 is 54.4 Å². The van der Waals surface area contributed by atoms with Gasteiger partial charge in [-0.2, -0.15) is 0 Å². The Labute approximate surface area is 309 Å². The van der Waals surface area contributed by atoms with E-state index in [1.165, 1.54) is 5.57 Å². The van der Waals surface area contributed by atoms with E-state index >= 15 is 0 Å². The summed E-state index contributed by atoms with van der Waals surface area (Å²) in [6, 6.07) is 0. The fraction of sp³-hybridized carbons (Fsp3) is 0.927. The number of hydrogen-bond donors (Lipinski definition) is 6. The summed E-state index contributed by atoms with van der Waals surface area (Å²) >= 11 is 0. The maximum atomic E-state index is 13.0. The van der Waals surface area contributed by atoms with Crippen molar-refractivity contribution in [3.63, 3.8) is 0 Å². The number of aliphatic hydroxyl groups is 5. The zero-order valence-electron chi connectivity index (χ0n) is 32.5. The first-order valence-electron chi connectivity index (χ1n) is 20.2. The van der Waals surface area contributed by atoms with E-state index in [0.29, 0.717) is 29.6 Å². The normalized spacial score (nSPS) is 55.9. The Balaban J connectivity index is 1.06. The zero-order valence-corrected chi connectivity index (χ0v) is 32.5. The summed E-state index contributed by atoms with van der Waals surface area (Å²) in [6.45, 7) is 17.4. The average molecular weight is 735 g/mol. The molecule has 296 valence electrons. The first kappa shape index (κ1) is 39.1. The number of aliphatic carboxylic acids is 1. The lowest BCUT2D eigenvalue weighted by Gasteiger charge is -2.68. The molecule has 6 N–H and O–H groups in total. The van der Waals surface area contributed by atoms with Crippen LogP contribution in [0.25, 0.3) is 0 Å². The van der Waals surface area contributed by atoms with E-state index in [4.69, 9.17) is 18.9 Å². The van der Waals surface area contributed by atoms with Crippen molar-refractivity contribution in [1.29, 1.82) is 0 Å². The van der Waals surface area contributed by atoms with Crippen molar-refractivity contribution in [2.24, 2.45) is 57.2 Å². The number of ether oxygens (including phenoxy) is 4. The van der Waals surface area contributed by atoms with Gasteiger partial charge >= 0.3 is 5.97 Å². The number of carboxylic acids is 1. The van der Waals surface area contributed by atoms with E-state index in [0.717, 1.165) is 57.8 Å². The molecule has 5 aliphatic carbocycles. The Morgan fingerprint density at radius 2 is 1.33 bits per heavy atom. The molecule has 0 aromatic carbocycles. The Kier molecular flexibility index (Phi) is 10.2. The third kappa shape index (κ3) is 5.72. The van der Waals surface area contributed by atoms with E-state index in [2.05, 4.69) is 47.6 Å². The van der Waals surface area contributed by atoms with Crippen LogP contribution >= 0.6 is 0 Å². The highest BCUT2D eigenvalue weighted by Gasteiger charge is 2.66. The van der Waals surface area contributed by atoms with Crippen molar-refractivity contribution in [3.05, 3.63) is 11.6 Å². The largest absolute Gasteiger partial charge is 0.481 e. The number of rotatable bonds is 5. The van der Waals surface area contributed by atoms with Crippen molar-refractivity contribution in [3.8, 4) is 0 Å². The van der Waals surface area contributed by atoms with Crippen molar-refractivity contribution >= 4 is 5.97 Å². The molecule has 0 aromatic heterocycles. The van der Waals surface area contributed by atoms with Crippen LogP contribution < -0.4 is 0 Å². The van der Waals surface area contributed by atoms with E-state index in [9.17, 15) is 35.4 Å². The lowest BCUT2D eigenvalue weighted by Crippen LogP contribution is -2.65. The van der Waals surface area contributed by atoms with E-state index in [1.54, 1.807) is 13.8 Å². The molecule has 11 nitrogen and oxygen atoms in total. The molecule has 52 heavy (non-hydrogen) atoms. The number of allylic oxidation sites excluding steroid dienone is 2. The van der Waals surface area contributed by atoms with Gasteiger partial charge in [-0.1, -0.05) is 53.2 Å². The van der Waals surface area contributed by atoms with Crippen LogP contribution in [0.2, 0.25) is 0 Å². The van der Waals surface area contributed by atoms with Crippen LogP contribution in [0.15, 0.2) is 11.6 Å². The summed E-state index contributed by atoms with van der Waals surface area (Å²) < 4.78 is 24.3. The maximum absolute atomic E-state index is 13.0. The molecular formula is C41H66O11. The number of hydrogen-bond acceptors (Lipinski definition) is 10. The molecule has 0 unspecified atom stereocenters. The predicted molar refractivity (Wildman–Crippen MR) is 190 cm³/mol. The van der Waals surface area contributed by atoms with Gasteiger partial charge in [-0.05, 0) is 123 Å². The van der Waals surface area contributed by atoms with Gasteiger partial charge in [-0.3, -0.25) is 4.79 Å². The molecule has 2 heterocycles. The van der Waals surface area contributed by atoms with E-state index < -0.39 is 72.8 Å². The van der Waals surface area contributed by atoms with Crippen molar-refractivity contribution in [1.82, 2.24) is 0 Å². The average Bonchev–Trinajstić information content (AvgIpc) is 3.08. The second-order valence-corrected chi connectivity index (χ2v) is 19.5. The van der Waals surface area contributed by atoms with Gasteiger partial charge in [0, 0.05) is 0 Å². The summed E-state index contributed by atoms with van der Waals surface area (Å²) in [5, 5.41) is 64.0. The molecule has 0 amide bonds. The Morgan fingerprint density at radius 1 is 0.712 bits per heavy atom. The number of carbonyl (C=O) groups is 1.